The largest absolute Gasteiger partial charge is 0.342 e. The lowest BCUT2D eigenvalue weighted by molar-refractivity contribution is -0.379. The monoisotopic (exact) mass is 721 g/mol. The van der Waals surface area contributed by atoms with Crippen LogP contribution in [-0.4, -0.2) is 94.7 Å². The minimum atomic E-state index is -1.31. The second-order valence-corrected chi connectivity index (χ2v) is 15.0. The summed E-state index contributed by atoms with van der Waals surface area (Å²) in [6.45, 7) is 5.69. The first kappa shape index (κ1) is 42.4. The summed E-state index contributed by atoms with van der Waals surface area (Å²) < 4.78 is 29.6. The minimum absolute atomic E-state index is 0.0107. The molecule has 0 aromatic rings. The van der Waals surface area contributed by atoms with Gasteiger partial charge in [-0.2, -0.15) is 0 Å². The summed E-state index contributed by atoms with van der Waals surface area (Å²) in [6.07, 6.45) is 9.78. The van der Waals surface area contributed by atoms with E-state index in [0.29, 0.717) is 62.6 Å². The number of hydrogen-bond donors (Lipinski definition) is 0. The van der Waals surface area contributed by atoms with Crippen molar-refractivity contribution >= 4 is 84.2 Å². The highest BCUT2D eigenvalue weighted by molar-refractivity contribution is 6.62. The molecule has 0 rings (SSSR count). The van der Waals surface area contributed by atoms with E-state index in [2.05, 4.69) is 13.1 Å². The Bertz CT molecular complexity index is 593. The van der Waals surface area contributed by atoms with E-state index in [1.54, 1.807) is 0 Å². The third-order valence-electron chi connectivity index (χ3n) is 6.55. The number of carbonyl (C=O) groups is 1. The molecule has 41 heavy (non-hydrogen) atoms. The Balaban J connectivity index is 4.76. The van der Waals surface area contributed by atoms with Gasteiger partial charge in [0.15, 0.2) is 5.78 Å². The zero-order chi connectivity index (χ0) is 30.8. The van der Waals surface area contributed by atoms with Crippen LogP contribution in [0.4, 0.5) is 0 Å². The van der Waals surface area contributed by atoms with Crippen LogP contribution in [0.5, 0.6) is 0 Å². The van der Waals surface area contributed by atoms with Crippen LogP contribution in [0.15, 0.2) is 0 Å². The number of carbonyl (C=O) groups excluding carboxylic acids is 1. The number of unbranched alkanes of at least 4 members (excludes halogenated alkanes) is 7. The van der Waals surface area contributed by atoms with Crippen molar-refractivity contribution in [2.75, 3.05) is 68.3 Å². The van der Waals surface area contributed by atoms with Crippen LogP contribution in [0.1, 0.15) is 70.6 Å². The number of Topliss-reactive ketones (excluding diaryl/α,β-unsaturated/α-hetero) is 1. The Morgan fingerprint density at radius 2 is 0.927 bits per heavy atom. The maximum atomic E-state index is 13.7. The molecule has 13 heteroatoms. The molecule has 6 nitrogen and oxygen atoms in total. The zero-order valence-electron chi connectivity index (χ0n) is 24.9. The second kappa shape index (κ2) is 27.7. The van der Waals surface area contributed by atoms with Gasteiger partial charge in [-0.15, -0.1) is 69.6 Å². The molecule has 0 spiro atoms. The molecule has 1 atom stereocenters. The molecular weight excluding hydrogens is 673 g/mol. The van der Waals surface area contributed by atoms with Crippen LogP contribution in [0.3, 0.4) is 0 Å². The molecule has 1 unspecified atom stereocenters. The predicted molar refractivity (Wildman–Crippen MR) is 177 cm³/mol. The minimum Gasteiger partial charge on any atom is -0.342 e. The Hall–Kier alpha value is 1.43. The van der Waals surface area contributed by atoms with Gasteiger partial charge >= 0.3 is 0 Å². The Morgan fingerprint density at radius 1 is 0.561 bits per heavy atom. The molecule has 0 aromatic carbocycles. The predicted octanol–water partition coefficient (Wildman–Crippen LogP) is 8.84. The third kappa shape index (κ3) is 18.9. The molecule has 1 radical (unpaired) electrons. The van der Waals surface area contributed by atoms with E-state index in [9.17, 15) is 4.79 Å². The van der Waals surface area contributed by atoms with E-state index < -0.39 is 20.6 Å². The van der Waals surface area contributed by atoms with Crippen LogP contribution in [0, 0.1) is 0 Å². The first-order valence-corrected chi connectivity index (χ1v) is 20.5. The summed E-state index contributed by atoms with van der Waals surface area (Å²) in [5.74, 6) is -0.445. The molecule has 0 aliphatic rings. The van der Waals surface area contributed by atoms with E-state index in [0.717, 1.165) is 51.4 Å². The highest BCUT2D eigenvalue weighted by Gasteiger charge is 2.44. The van der Waals surface area contributed by atoms with Gasteiger partial charge < -0.3 is 23.7 Å². The van der Waals surface area contributed by atoms with Crippen molar-refractivity contribution in [2.24, 2.45) is 0 Å². The maximum absolute atomic E-state index is 13.7. The van der Waals surface area contributed by atoms with Gasteiger partial charge in [-0.1, -0.05) is 51.6 Å². The summed E-state index contributed by atoms with van der Waals surface area (Å²) >= 11 is 35.4. The summed E-state index contributed by atoms with van der Waals surface area (Å²) in [4.78, 5) is 13.7. The quantitative estimate of drug-likeness (QED) is 0.0308. The molecule has 0 bridgehead atoms. The standard InChI is InChI=1S/C28H51Cl6O6Si/c1-41(2)25(11-14-29)26(35)27(36-20-15-30,37-21-16-31)12-9-7-5-3-4-6-8-10-13-28(38-22-17-32,39-23-18-33)40-24-19-34/h25H,3-24H2,1-2H3. The fourth-order valence-corrected chi connectivity index (χ4v) is 6.85. The topological polar surface area (TPSA) is 63.2 Å². The van der Waals surface area contributed by atoms with Crippen LogP contribution in [0.2, 0.25) is 18.6 Å². The van der Waals surface area contributed by atoms with E-state index in [-0.39, 0.29) is 36.3 Å². The smallest absolute Gasteiger partial charge is 0.282 e. The van der Waals surface area contributed by atoms with E-state index >= 15 is 0 Å². The highest BCUT2D eigenvalue weighted by atomic mass is 35.5. The average molecular weight is 725 g/mol. The molecule has 0 heterocycles. The van der Waals surface area contributed by atoms with Crippen molar-refractivity contribution < 1.29 is 28.5 Å². The van der Waals surface area contributed by atoms with Crippen LogP contribution < -0.4 is 0 Å². The fraction of sp³-hybridized carbons (Fsp3) is 0.964. The summed E-state index contributed by atoms with van der Waals surface area (Å²) in [7, 11) is -0.940. The molecule has 0 saturated heterocycles. The lowest BCUT2D eigenvalue weighted by Crippen LogP contribution is -2.49. The number of ether oxygens (including phenoxy) is 5. The molecule has 0 N–H and O–H groups in total. The van der Waals surface area contributed by atoms with Crippen LogP contribution in [-0.2, 0) is 28.5 Å². The van der Waals surface area contributed by atoms with Crippen molar-refractivity contribution in [2.45, 2.75) is 101 Å². The van der Waals surface area contributed by atoms with E-state index in [1.165, 1.54) is 0 Å². The van der Waals surface area contributed by atoms with Crippen LogP contribution in [0.25, 0.3) is 0 Å². The SMILES string of the molecule is C[Si](C)C(CCCl)C(=O)C(CCCCCCCCCCC(OCCCl)(OCCCl)OCCCl)(OCCCl)OCCCl. The van der Waals surface area contributed by atoms with Gasteiger partial charge in [-0.3, -0.25) is 4.79 Å². The summed E-state index contributed by atoms with van der Waals surface area (Å²) in [5.41, 5.74) is -0.150. The summed E-state index contributed by atoms with van der Waals surface area (Å²) in [6, 6.07) is 0. The molecule has 0 aromatic heterocycles. The Morgan fingerprint density at radius 3 is 1.29 bits per heavy atom. The molecule has 245 valence electrons. The molecule has 0 amide bonds. The lowest BCUT2D eigenvalue weighted by Gasteiger charge is -2.36. The summed E-state index contributed by atoms with van der Waals surface area (Å²) in [5, 5.41) is 0. The molecule has 0 aliphatic heterocycles. The van der Waals surface area contributed by atoms with E-state index in [1.807, 2.05) is 0 Å². The molecule has 0 saturated carbocycles. The van der Waals surface area contributed by atoms with Gasteiger partial charge in [0.2, 0.25) is 5.79 Å². The third-order valence-corrected chi connectivity index (χ3v) is 9.48. The second-order valence-electron chi connectivity index (χ2n) is 9.92. The fourth-order valence-electron chi connectivity index (χ4n) is 4.60. The highest BCUT2D eigenvalue weighted by Crippen LogP contribution is 2.33. The van der Waals surface area contributed by atoms with Crippen molar-refractivity contribution in [3.8, 4) is 0 Å². The number of hydrogen-bond acceptors (Lipinski definition) is 6. The van der Waals surface area contributed by atoms with Gasteiger partial charge in [-0.25, -0.2) is 0 Å². The number of halogens is 6. The molecule has 0 aliphatic carbocycles. The van der Waals surface area contributed by atoms with Gasteiger partial charge in [0, 0.05) is 53.7 Å². The molecule has 0 fully saturated rings. The average Bonchev–Trinajstić information content (AvgIpc) is 2.97. The van der Waals surface area contributed by atoms with Gasteiger partial charge in [0.05, 0.1) is 41.8 Å². The Labute approximate surface area is 280 Å². The maximum Gasteiger partial charge on any atom is 0.282 e. The van der Waals surface area contributed by atoms with Crippen molar-refractivity contribution in [3.63, 3.8) is 0 Å². The molecular formula is C28H51Cl6O6Si. The zero-order valence-corrected chi connectivity index (χ0v) is 30.4. The number of rotatable bonds is 31. The van der Waals surface area contributed by atoms with Gasteiger partial charge in [-0.05, 0) is 19.3 Å². The Kier molecular flexibility index (Phi) is 28.7. The van der Waals surface area contributed by atoms with Crippen molar-refractivity contribution in [3.05, 3.63) is 0 Å². The number of alkyl halides is 6. The lowest BCUT2D eigenvalue weighted by atomic mass is 9.98. The normalized spacial score (nSPS) is 13.3. The van der Waals surface area contributed by atoms with Crippen molar-refractivity contribution in [1.29, 1.82) is 0 Å². The van der Waals surface area contributed by atoms with Crippen LogP contribution >= 0.6 is 69.6 Å². The van der Waals surface area contributed by atoms with E-state index in [4.69, 9.17) is 93.3 Å². The first-order chi connectivity index (χ1) is 19.8. The van der Waals surface area contributed by atoms with Gasteiger partial charge in [0.1, 0.15) is 0 Å². The van der Waals surface area contributed by atoms with Crippen molar-refractivity contribution in [1.82, 2.24) is 0 Å². The first-order valence-electron chi connectivity index (χ1n) is 14.7. The van der Waals surface area contributed by atoms with Gasteiger partial charge in [0.25, 0.3) is 5.97 Å². The number of ketones is 1.